The zero-order valence-corrected chi connectivity index (χ0v) is 10.5. The standard InChI is InChI=1S/C15H11N3O2/c19-18(20)14-10-11-6-4-5-9-13(11)17-15(14)16-12-7-2-1-3-8-12/h1-10H,(H,16,17). The lowest BCUT2D eigenvalue weighted by Crippen LogP contribution is -2.00. The number of pyridine rings is 1. The van der Waals surface area contributed by atoms with Crippen LogP contribution in [-0.4, -0.2) is 9.91 Å². The summed E-state index contributed by atoms with van der Waals surface area (Å²) in [5, 5.41) is 14.9. The van der Waals surface area contributed by atoms with Crippen LogP contribution in [-0.2, 0) is 0 Å². The van der Waals surface area contributed by atoms with Crippen molar-refractivity contribution in [3.63, 3.8) is 0 Å². The molecule has 0 amide bonds. The van der Waals surface area contributed by atoms with E-state index in [0.29, 0.717) is 0 Å². The van der Waals surface area contributed by atoms with Crippen molar-refractivity contribution in [2.75, 3.05) is 5.32 Å². The number of aromatic nitrogens is 1. The highest BCUT2D eigenvalue weighted by Gasteiger charge is 2.16. The molecule has 0 atom stereocenters. The van der Waals surface area contributed by atoms with Crippen LogP contribution in [0.25, 0.3) is 10.9 Å². The van der Waals surface area contributed by atoms with Crippen LogP contribution in [0.1, 0.15) is 0 Å². The molecule has 0 aliphatic carbocycles. The van der Waals surface area contributed by atoms with Gasteiger partial charge in [-0.15, -0.1) is 0 Å². The smallest absolute Gasteiger partial charge is 0.312 e. The number of hydrogen-bond donors (Lipinski definition) is 1. The third-order valence-electron chi connectivity index (χ3n) is 2.94. The fraction of sp³-hybridized carbons (Fsp3) is 0. The Labute approximate surface area is 115 Å². The van der Waals surface area contributed by atoms with Crippen molar-refractivity contribution in [2.45, 2.75) is 0 Å². The molecule has 1 aromatic heterocycles. The van der Waals surface area contributed by atoms with Gasteiger partial charge in [-0.25, -0.2) is 4.98 Å². The van der Waals surface area contributed by atoms with E-state index in [-0.39, 0.29) is 11.5 Å². The van der Waals surface area contributed by atoms with E-state index < -0.39 is 4.92 Å². The first-order valence-electron chi connectivity index (χ1n) is 6.10. The van der Waals surface area contributed by atoms with Crippen LogP contribution >= 0.6 is 0 Å². The molecule has 3 rings (SSSR count). The number of anilines is 2. The summed E-state index contributed by atoms with van der Waals surface area (Å²) in [7, 11) is 0. The van der Waals surface area contributed by atoms with Gasteiger partial charge in [-0.05, 0) is 18.2 Å². The van der Waals surface area contributed by atoms with Gasteiger partial charge in [0.25, 0.3) is 0 Å². The third-order valence-corrected chi connectivity index (χ3v) is 2.94. The Morgan fingerprint density at radius 1 is 1.00 bits per heavy atom. The third kappa shape index (κ3) is 2.29. The molecule has 0 bridgehead atoms. The lowest BCUT2D eigenvalue weighted by atomic mass is 10.2. The van der Waals surface area contributed by atoms with Crippen molar-refractivity contribution in [3.8, 4) is 0 Å². The molecule has 0 unspecified atom stereocenters. The normalized spacial score (nSPS) is 10.4. The number of nitrogens with one attached hydrogen (secondary N) is 1. The average Bonchev–Trinajstić information content (AvgIpc) is 2.47. The van der Waals surface area contributed by atoms with E-state index in [0.717, 1.165) is 16.6 Å². The summed E-state index contributed by atoms with van der Waals surface area (Å²) in [6.07, 6.45) is 0. The van der Waals surface area contributed by atoms with Crippen molar-refractivity contribution in [2.24, 2.45) is 0 Å². The van der Waals surface area contributed by atoms with Crippen molar-refractivity contribution >= 4 is 28.1 Å². The first kappa shape index (κ1) is 12.1. The summed E-state index contributed by atoms with van der Waals surface area (Å²) in [4.78, 5) is 15.1. The molecule has 98 valence electrons. The number of rotatable bonds is 3. The molecule has 0 aliphatic heterocycles. The molecule has 1 heterocycles. The van der Waals surface area contributed by atoms with Crippen LogP contribution in [0.3, 0.4) is 0 Å². The largest absolute Gasteiger partial charge is 0.334 e. The Hall–Kier alpha value is -2.95. The lowest BCUT2D eigenvalue weighted by Gasteiger charge is -2.07. The van der Waals surface area contributed by atoms with Crippen LogP contribution in [0, 0.1) is 10.1 Å². The van der Waals surface area contributed by atoms with Crippen LogP contribution in [0.2, 0.25) is 0 Å². The molecule has 0 saturated heterocycles. The Balaban J connectivity index is 2.12. The highest BCUT2D eigenvalue weighted by atomic mass is 16.6. The number of fused-ring (bicyclic) bond motifs is 1. The maximum atomic E-state index is 11.2. The highest BCUT2D eigenvalue weighted by Crippen LogP contribution is 2.29. The van der Waals surface area contributed by atoms with Gasteiger partial charge in [0.1, 0.15) is 0 Å². The second kappa shape index (κ2) is 4.97. The Morgan fingerprint density at radius 2 is 1.70 bits per heavy atom. The molecular formula is C15H11N3O2. The number of para-hydroxylation sites is 2. The van der Waals surface area contributed by atoms with Crippen LogP contribution < -0.4 is 5.32 Å². The van der Waals surface area contributed by atoms with E-state index in [1.807, 2.05) is 54.6 Å². The molecule has 0 fully saturated rings. The minimum Gasteiger partial charge on any atom is -0.334 e. The van der Waals surface area contributed by atoms with E-state index in [4.69, 9.17) is 0 Å². The molecule has 2 aromatic carbocycles. The van der Waals surface area contributed by atoms with E-state index in [2.05, 4.69) is 10.3 Å². The number of nitrogens with zero attached hydrogens (tertiary/aromatic N) is 2. The molecule has 3 aromatic rings. The minimum absolute atomic E-state index is 0.0347. The van der Waals surface area contributed by atoms with Crippen molar-refractivity contribution in [1.82, 2.24) is 4.98 Å². The zero-order chi connectivity index (χ0) is 13.9. The molecule has 20 heavy (non-hydrogen) atoms. The molecule has 0 saturated carbocycles. The van der Waals surface area contributed by atoms with Crippen LogP contribution in [0.4, 0.5) is 17.2 Å². The van der Waals surface area contributed by atoms with Crippen molar-refractivity contribution in [1.29, 1.82) is 0 Å². The predicted molar refractivity (Wildman–Crippen MR) is 78.1 cm³/mol. The Kier molecular flexibility index (Phi) is 3.01. The van der Waals surface area contributed by atoms with Crippen molar-refractivity contribution < 1.29 is 4.92 Å². The van der Waals surface area contributed by atoms with Crippen LogP contribution in [0.5, 0.6) is 0 Å². The van der Waals surface area contributed by atoms with Gasteiger partial charge < -0.3 is 5.32 Å². The maximum absolute atomic E-state index is 11.2. The highest BCUT2D eigenvalue weighted by molar-refractivity contribution is 5.85. The van der Waals surface area contributed by atoms with Gasteiger partial charge in [-0.2, -0.15) is 0 Å². The lowest BCUT2D eigenvalue weighted by molar-refractivity contribution is -0.384. The molecule has 5 nitrogen and oxygen atoms in total. The summed E-state index contributed by atoms with van der Waals surface area (Å²) in [5.74, 6) is 0.250. The van der Waals surface area contributed by atoms with Gasteiger partial charge in [0, 0.05) is 17.1 Å². The fourth-order valence-corrected chi connectivity index (χ4v) is 1.99. The monoisotopic (exact) mass is 265 g/mol. The minimum atomic E-state index is -0.426. The Morgan fingerprint density at radius 3 is 2.45 bits per heavy atom. The van der Waals surface area contributed by atoms with Gasteiger partial charge in [0.15, 0.2) is 0 Å². The Bertz CT molecular complexity index is 772. The van der Waals surface area contributed by atoms with E-state index in [1.165, 1.54) is 6.07 Å². The quantitative estimate of drug-likeness (QED) is 0.576. The first-order chi connectivity index (χ1) is 9.74. The molecule has 1 N–H and O–H groups in total. The van der Waals surface area contributed by atoms with Crippen LogP contribution in [0.15, 0.2) is 60.7 Å². The predicted octanol–water partition coefficient (Wildman–Crippen LogP) is 3.89. The van der Waals surface area contributed by atoms with E-state index >= 15 is 0 Å². The maximum Gasteiger partial charge on any atom is 0.312 e. The van der Waals surface area contributed by atoms with E-state index in [1.54, 1.807) is 0 Å². The second-order valence-electron chi connectivity index (χ2n) is 4.30. The van der Waals surface area contributed by atoms with Gasteiger partial charge in [0.05, 0.1) is 10.4 Å². The number of nitro groups is 1. The van der Waals surface area contributed by atoms with Gasteiger partial charge in [0.2, 0.25) is 5.82 Å². The molecule has 0 spiro atoms. The summed E-state index contributed by atoms with van der Waals surface area (Å²) < 4.78 is 0. The van der Waals surface area contributed by atoms with Gasteiger partial charge in [-0.1, -0.05) is 36.4 Å². The zero-order valence-electron chi connectivity index (χ0n) is 10.5. The number of benzene rings is 2. The van der Waals surface area contributed by atoms with Crippen molar-refractivity contribution in [3.05, 3.63) is 70.8 Å². The average molecular weight is 265 g/mol. The van der Waals surface area contributed by atoms with Gasteiger partial charge in [-0.3, -0.25) is 10.1 Å². The molecular weight excluding hydrogens is 254 g/mol. The first-order valence-corrected chi connectivity index (χ1v) is 6.10. The summed E-state index contributed by atoms with van der Waals surface area (Å²) in [5.41, 5.74) is 1.45. The summed E-state index contributed by atoms with van der Waals surface area (Å²) >= 11 is 0. The molecule has 0 aliphatic rings. The topological polar surface area (TPSA) is 68.1 Å². The van der Waals surface area contributed by atoms with E-state index in [9.17, 15) is 10.1 Å². The fourth-order valence-electron chi connectivity index (χ4n) is 1.99. The molecule has 5 heteroatoms. The summed E-state index contributed by atoms with van der Waals surface area (Å²) in [6, 6.07) is 18.1. The molecule has 0 radical (unpaired) electrons. The number of hydrogen-bond acceptors (Lipinski definition) is 4. The summed E-state index contributed by atoms with van der Waals surface area (Å²) in [6.45, 7) is 0. The second-order valence-corrected chi connectivity index (χ2v) is 4.30. The SMILES string of the molecule is O=[N+]([O-])c1cc2ccccc2nc1Nc1ccccc1. The van der Waals surface area contributed by atoms with Gasteiger partial charge >= 0.3 is 5.69 Å².